The van der Waals surface area contributed by atoms with Gasteiger partial charge in [0.2, 0.25) is 0 Å². The molecule has 0 saturated carbocycles. The van der Waals surface area contributed by atoms with Crippen molar-refractivity contribution in [3.8, 4) is 0 Å². The molecule has 132 valence electrons. The van der Waals surface area contributed by atoms with Gasteiger partial charge in [-0.15, -0.1) is 16.9 Å². The Morgan fingerprint density at radius 3 is 2.50 bits per heavy atom. The van der Waals surface area contributed by atoms with Crippen LogP contribution in [0.15, 0.2) is 59.5 Å². The third kappa shape index (κ3) is 4.37. The summed E-state index contributed by atoms with van der Waals surface area (Å²) < 4.78 is 6.87. The molecule has 0 fully saturated rings. The smallest absolute Gasteiger partial charge is 0.357 e. The molecule has 0 spiro atoms. The van der Waals surface area contributed by atoms with E-state index in [0.29, 0.717) is 5.82 Å². The van der Waals surface area contributed by atoms with E-state index in [0.717, 1.165) is 16.0 Å². The highest BCUT2D eigenvalue weighted by atomic mass is 32.2. The largest absolute Gasteiger partial charge is 0.456 e. The predicted molar refractivity (Wildman–Crippen MR) is 101 cm³/mol. The quantitative estimate of drug-likeness (QED) is 0.378. The van der Waals surface area contributed by atoms with E-state index in [9.17, 15) is 4.79 Å². The van der Waals surface area contributed by atoms with Crippen molar-refractivity contribution in [2.75, 3.05) is 6.26 Å². The van der Waals surface area contributed by atoms with E-state index in [1.165, 1.54) is 4.68 Å². The lowest BCUT2D eigenvalue weighted by molar-refractivity contribution is -0.138. The van der Waals surface area contributed by atoms with Crippen LogP contribution in [0.3, 0.4) is 0 Å². The van der Waals surface area contributed by atoms with E-state index < -0.39 is 5.97 Å². The number of rotatable bonds is 6. The number of benzene rings is 2. The number of carbonyl (C=O) groups excluding carboxylic acids is 1. The van der Waals surface area contributed by atoms with Crippen molar-refractivity contribution in [2.45, 2.75) is 18.4 Å². The topological polar surface area (TPSA) is 69.9 Å². The molecule has 2 aromatic carbocycles. The normalized spacial score (nSPS) is 11.4. The first-order valence-electron chi connectivity index (χ1n) is 7.99. The van der Waals surface area contributed by atoms with Gasteiger partial charge < -0.3 is 4.74 Å². The van der Waals surface area contributed by atoms with Crippen molar-refractivity contribution in [3.63, 3.8) is 0 Å². The van der Waals surface area contributed by atoms with Crippen molar-refractivity contribution in [3.05, 3.63) is 71.5 Å². The summed E-state index contributed by atoms with van der Waals surface area (Å²) in [6.45, 7) is 1.91. The number of ether oxygens (including phenoxy) is 1. The van der Waals surface area contributed by atoms with Crippen LogP contribution in [0.1, 0.15) is 17.0 Å². The molecule has 0 N–H and O–H groups in total. The molecule has 0 bridgehead atoms. The number of aromatic nitrogens is 4. The fraction of sp³-hybridized carbons (Fsp3) is 0.158. The van der Waals surface area contributed by atoms with Gasteiger partial charge in [-0.25, -0.2) is 4.79 Å². The molecule has 0 radical (unpaired) electrons. The lowest BCUT2D eigenvalue weighted by Gasteiger charge is -2.09. The summed E-state index contributed by atoms with van der Waals surface area (Å²) in [5, 5.41) is 11.4. The monoisotopic (exact) mass is 366 g/mol. The molecule has 3 aromatic rings. The predicted octanol–water partition coefficient (Wildman–Crippen LogP) is 3.44. The Labute approximate surface area is 155 Å². The summed E-state index contributed by atoms with van der Waals surface area (Å²) in [6.07, 6.45) is 3.73. The maximum Gasteiger partial charge on any atom is 0.357 e. The maximum atomic E-state index is 12.7. The number of thioether (sulfide) groups is 1. The van der Waals surface area contributed by atoms with E-state index in [-0.39, 0.29) is 12.3 Å². The van der Waals surface area contributed by atoms with Crippen LogP contribution in [0.2, 0.25) is 0 Å². The number of esters is 1. The fourth-order valence-corrected chi connectivity index (χ4v) is 2.72. The van der Waals surface area contributed by atoms with Crippen molar-refractivity contribution < 1.29 is 9.53 Å². The summed E-state index contributed by atoms with van der Waals surface area (Å²) in [5.74, 6) is 0.0200. The van der Waals surface area contributed by atoms with E-state index in [1.807, 2.05) is 60.9 Å². The molecule has 0 unspecified atom stereocenters. The van der Waals surface area contributed by atoms with Crippen molar-refractivity contribution >= 4 is 29.5 Å². The van der Waals surface area contributed by atoms with Crippen molar-refractivity contribution in [1.82, 2.24) is 20.2 Å². The van der Waals surface area contributed by atoms with Crippen LogP contribution in [0, 0.1) is 6.92 Å². The summed E-state index contributed by atoms with van der Waals surface area (Å²) in [4.78, 5) is 13.8. The van der Waals surface area contributed by atoms with Gasteiger partial charge in [0.15, 0.2) is 11.5 Å². The van der Waals surface area contributed by atoms with Gasteiger partial charge in [0, 0.05) is 4.90 Å². The number of tetrazole rings is 1. The Hall–Kier alpha value is -2.93. The number of carbonyl (C=O) groups is 1. The average Bonchev–Trinajstić information content (AvgIpc) is 3.11. The molecule has 0 aliphatic heterocycles. The van der Waals surface area contributed by atoms with Crippen molar-refractivity contribution in [2.24, 2.45) is 0 Å². The minimum Gasteiger partial charge on any atom is -0.456 e. The summed E-state index contributed by atoms with van der Waals surface area (Å²) in [7, 11) is 0. The summed E-state index contributed by atoms with van der Waals surface area (Å²) in [5.41, 5.74) is 2.04. The van der Waals surface area contributed by atoms with Gasteiger partial charge in [-0.1, -0.05) is 42.5 Å². The van der Waals surface area contributed by atoms with Crippen LogP contribution >= 0.6 is 11.8 Å². The molecule has 0 aliphatic rings. The van der Waals surface area contributed by atoms with Crippen LogP contribution in [0.25, 0.3) is 11.8 Å². The van der Waals surface area contributed by atoms with E-state index in [1.54, 1.807) is 24.8 Å². The minimum absolute atomic E-state index is 0.181. The first-order chi connectivity index (χ1) is 12.7. The number of nitrogens with zero attached hydrogens (tertiary/aromatic N) is 4. The molecule has 1 heterocycles. The second-order valence-electron chi connectivity index (χ2n) is 5.50. The van der Waals surface area contributed by atoms with E-state index in [2.05, 4.69) is 15.5 Å². The highest BCUT2D eigenvalue weighted by Crippen LogP contribution is 2.17. The van der Waals surface area contributed by atoms with Gasteiger partial charge in [0.25, 0.3) is 0 Å². The fourth-order valence-electron chi connectivity index (χ4n) is 2.31. The average molecular weight is 366 g/mol. The first kappa shape index (κ1) is 17.9. The lowest BCUT2D eigenvalue weighted by Crippen LogP contribution is -2.15. The Morgan fingerprint density at radius 1 is 1.15 bits per heavy atom. The molecule has 6 nitrogen and oxygen atoms in total. The lowest BCUT2D eigenvalue weighted by atomic mass is 10.2. The van der Waals surface area contributed by atoms with E-state index >= 15 is 0 Å². The zero-order valence-electron chi connectivity index (χ0n) is 14.5. The Bertz CT molecular complexity index is 905. The number of hydrogen-bond donors (Lipinski definition) is 0. The van der Waals surface area contributed by atoms with Crippen molar-refractivity contribution in [1.29, 1.82) is 0 Å². The second kappa shape index (κ2) is 8.44. The first-order valence-corrected chi connectivity index (χ1v) is 9.22. The number of hydrogen-bond acceptors (Lipinski definition) is 6. The molecule has 3 rings (SSSR count). The number of aryl methyl sites for hydroxylation is 1. The molecular formula is C19H18N4O2S. The molecule has 7 heteroatoms. The van der Waals surface area contributed by atoms with Gasteiger partial charge in [-0.2, -0.15) is 4.68 Å². The Balaban J connectivity index is 1.81. The van der Waals surface area contributed by atoms with Gasteiger partial charge >= 0.3 is 5.97 Å². The van der Waals surface area contributed by atoms with Gasteiger partial charge in [0.1, 0.15) is 6.61 Å². The second-order valence-corrected chi connectivity index (χ2v) is 6.38. The molecule has 0 saturated heterocycles. The Morgan fingerprint density at radius 2 is 1.88 bits per heavy atom. The zero-order valence-corrected chi connectivity index (χ0v) is 15.3. The van der Waals surface area contributed by atoms with Gasteiger partial charge in [-0.05, 0) is 52.9 Å². The SMILES string of the molecule is CSc1ccc(COC(=O)/C(=C/c2ccccc2)n2nnnc2C)cc1. The minimum atomic E-state index is -0.488. The maximum absolute atomic E-state index is 12.7. The van der Waals surface area contributed by atoms with Crippen LogP contribution in [0.4, 0.5) is 0 Å². The molecule has 26 heavy (non-hydrogen) atoms. The Kier molecular flexibility index (Phi) is 5.80. The standard InChI is InChI=1S/C19H18N4O2S/c1-14-20-21-22-23(14)18(12-15-6-4-3-5-7-15)19(24)25-13-16-8-10-17(26-2)11-9-16/h3-12H,13H2,1-2H3/b18-12-. The molecule has 0 atom stereocenters. The van der Waals surface area contributed by atoms with Gasteiger partial charge in [0.05, 0.1) is 0 Å². The highest BCUT2D eigenvalue weighted by molar-refractivity contribution is 7.98. The van der Waals surface area contributed by atoms with Crippen LogP contribution < -0.4 is 0 Å². The van der Waals surface area contributed by atoms with Gasteiger partial charge in [-0.3, -0.25) is 0 Å². The van der Waals surface area contributed by atoms with Crippen LogP contribution in [0.5, 0.6) is 0 Å². The third-order valence-corrected chi connectivity index (χ3v) is 4.44. The molecule has 1 aromatic heterocycles. The van der Waals surface area contributed by atoms with Crippen LogP contribution in [-0.4, -0.2) is 32.4 Å². The molecule has 0 amide bonds. The zero-order chi connectivity index (χ0) is 18.4. The molecular weight excluding hydrogens is 348 g/mol. The summed E-state index contributed by atoms with van der Waals surface area (Å²) >= 11 is 1.67. The third-order valence-electron chi connectivity index (χ3n) is 3.69. The molecule has 0 aliphatic carbocycles. The highest BCUT2D eigenvalue weighted by Gasteiger charge is 2.17. The van der Waals surface area contributed by atoms with E-state index in [4.69, 9.17) is 4.74 Å². The van der Waals surface area contributed by atoms with Crippen LogP contribution in [-0.2, 0) is 16.1 Å². The summed E-state index contributed by atoms with van der Waals surface area (Å²) in [6, 6.07) is 17.4.